The Balaban J connectivity index is 2.12. The number of carbonyl (C=O) groups is 1. The van der Waals surface area contributed by atoms with E-state index in [0.717, 1.165) is 51.2 Å². The lowest BCUT2D eigenvalue weighted by atomic mass is 9.96. The summed E-state index contributed by atoms with van der Waals surface area (Å²) in [6.07, 6.45) is 7.42. The van der Waals surface area contributed by atoms with Crippen LogP contribution in [0.3, 0.4) is 0 Å². The van der Waals surface area contributed by atoms with Gasteiger partial charge in [-0.25, -0.2) is 0 Å². The third-order valence-corrected chi connectivity index (χ3v) is 4.15. The first kappa shape index (κ1) is 14.8. The smallest absolute Gasteiger partial charge is 0.222 e. The number of amides is 1. The SMILES string of the molecule is CNCC1CCN(C(=O)CCCCSC)CC1. The second kappa shape index (κ2) is 8.81. The van der Waals surface area contributed by atoms with Crippen molar-refractivity contribution in [1.82, 2.24) is 10.2 Å². The van der Waals surface area contributed by atoms with Gasteiger partial charge in [0.05, 0.1) is 0 Å². The number of carbonyl (C=O) groups excluding carboxylic acids is 1. The summed E-state index contributed by atoms with van der Waals surface area (Å²) >= 11 is 1.86. The van der Waals surface area contributed by atoms with Gasteiger partial charge in [0.25, 0.3) is 0 Å². The minimum absolute atomic E-state index is 0.369. The van der Waals surface area contributed by atoms with Crippen LogP contribution >= 0.6 is 11.8 Å². The summed E-state index contributed by atoms with van der Waals surface area (Å²) in [6, 6.07) is 0. The monoisotopic (exact) mass is 258 g/mol. The molecule has 0 saturated carbocycles. The maximum absolute atomic E-state index is 11.9. The van der Waals surface area contributed by atoms with E-state index in [1.807, 2.05) is 18.8 Å². The van der Waals surface area contributed by atoms with Gasteiger partial charge in [-0.05, 0) is 57.2 Å². The van der Waals surface area contributed by atoms with Gasteiger partial charge in [-0.2, -0.15) is 11.8 Å². The molecule has 0 aromatic carbocycles. The van der Waals surface area contributed by atoms with Crippen LogP contribution in [0.25, 0.3) is 0 Å². The van der Waals surface area contributed by atoms with Crippen LogP contribution in [0.4, 0.5) is 0 Å². The standard InChI is InChI=1S/C13H26N2OS/c1-14-11-12-6-8-15(9-7-12)13(16)5-3-4-10-17-2/h12,14H,3-11H2,1-2H3. The molecule has 4 heteroatoms. The molecule has 100 valence electrons. The first-order valence-electron chi connectivity index (χ1n) is 6.69. The lowest BCUT2D eigenvalue weighted by molar-refractivity contribution is -0.132. The highest BCUT2D eigenvalue weighted by atomic mass is 32.2. The van der Waals surface area contributed by atoms with Gasteiger partial charge < -0.3 is 10.2 Å². The number of hydrogen-bond donors (Lipinski definition) is 1. The molecule has 3 nitrogen and oxygen atoms in total. The molecule has 1 saturated heterocycles. The molecule has 0 radical (unpaired) electrons. The molecular weight excluding hydrogens is 232 g/mol. The first-order chi connectivity index (χ1) is 8.27. The van der Waals surface area contributed by atoms with Crippen molar-refractivity contribution < 1.29 is 4.79 Å². The van der Waals surface area contributed by atoms with Crippen LogP contribution < -0.4 is 5.32 Å². The first-order valence-corrected chi connectivity index (χ1v) is 8.08. The Hall–Kier alpha value is -0.220. The van der Waals surface area contributed by atoms with Crippen molar-refractivity contribution in [3.8, 4) is 0 Å². The van der Waals surface area contributed by atoms with Gasteiger partial charge in [0, 0.05) is 19.5 Å². The molecule has 17 heavy (non-hydrogen) atoms. The number of rotatable bonds is 7. The van der Waals surface area contributed by atoms with E-state index in [4.69, 9.17) is 0 Å². The number of thioether (sulfide) groups is 1. The number of hydrogen-bond acceptors (Lipinski definition) is 3. The molecule has 1 N–H and O–H groups in total. The van der Waals surface area contributed by atoms with Crippen LogP contribution in [-0.2, 0) is 4.79 Å². The Bertz CT molecular complexity index is 215. The predicted octanol–water partition coefficient (Wildman–Crippen LogP) is 1.98. The Morgan fingerprint density at radius 3 is 2.65 bits per heavy atom. The lowest BCUT2D eigenvalue weighted by Crippen LogP contribution is -2.40. The van der Waals surface area contributed by atoms with Crippen LogP contribution in [0.1, 0.15) is 32.1 Å². The molecule has 1 rings (SSSR count). The van der Waals surface area contributed by atoms with E-state index in [-0.39, 0.29) is 0 Å². The average Bonchev–Trinajstić information content (AvgIpc) is 2.36. The third kappa shape index (κ3) is 5.77. The topological polar surface area (TPSA) is 32.3 Å². The van der Waals surface area contributed by atoms with E-state index in [1.54, 1.807) is 0 Å². The lowest BCUT2D eigenvalue weighted by Gasteiger charge is -2.32. The minimum Gasteiger partial charge on any atom is -0.343 e. The van der Waals surface area contributed by atoms with Gasteiger partial charge in [-0.15, -0.1) is 0 Å². The van der Waals surface area contributed by atoms with Crippen molar-refractivity contribution >= 4 is 17.7 Å². The Morgan fingerprint density at radius 2 is 2.06 bits per heavy atom. The van der Waals surface area contributed by atoms with Crippen LogP contribution in [0, 0.1) is 5.92 Å². The molecule has 1 aliphatic rings. The molecule has 1 fully saturated rings. The van der Waals surface area contributed by atoms with E-state index >= 15 is 0 Å². The zero-order valence-corrected chi connectivity index (χ0v) is 12.0. The summed E-state index contributed by atoms with van der Waals surface area (Å²) in [7, 11) is 2.00. The highest BCUT2D eigenvalue weighted by Gasteiger charge is 2.21. The Kier molecular flexibility index (Phi) is 7.69. The third-order valence-electron chi connectivity index (χ3n) is 3.45. The van der Waals surface area contributed by atoms with Gasteiger partial charge in [0.2, 0.25) is 5.91 Å². The molecule has 0 aromatic rings. The van der Waals surface area contributed by atoms with E-state index < -0.39 is 0 Å². The summed E-state index contributed by atoms with van der Waals surface area (Å²) in [5.74, 6) is 2.31. The van der Waals surface area contributed by atoms with Crippen molar-refractivity contribution in [3.05, 3.63) is 0 Å². The maximum atomic E-state index is 11.9. The average molecular weight is 258 g/mol. The van der Waals surface area contributed by atoms with Crippen LogP contribution in [0.5, 0.6) is 0 Å². The predicted molar refractivity (Wildman–Crippen MR) is 75.5 cm³/mol. The molecule has 0 aliphatic carbocycles. The van der Waals surface area contributed by atoms with Crippen LogP contribution in [0.2, 0.25) is 0 Å². The second-order valence-corrected chi connectivity index (χ2v) is 5.82. The minimum atomic E-state index is 0.369. The van der Waals surface area contributed by atoms with E-state index in [0.29, 0.717) is 5.91 Å². The molecule has 0 spiro atoms. The van der Waals surface area contributed by atoms with Gasteiger partial charge in [-0.3, -0.25) is 4.79 Å². The van der Waals surface area contributed by atoms with Gasteiger partial charge in [0.1, 0.15) is 0 Å². The zero-order valence-electron chi connectivity index (χ0n) is 11.2. The highest BCUT2D eigenvalue weighted by molar-refractivity contribution is 7.98. The fraction of sp³-hybridized carbons (Fsp3) is 0.923. The maximum Gasteiger partial charge on any atom is 0.222 e. The molecule has 0 unspecified atom stereocenters. The highest BCUT2D eigenvalue weighted by Crippen LogP contribution is 2.17. The Labute approximate surface area is 110 Å². The summed E-state index contributed by atoms with van der Waals surface area (Å²) in [5, 5.41) is 3.22. The van der Waals surface area contributed by atoms with Crippen LogP contribution in [-0.4, -0.2) is 49.5 Å². The molecular formula is C13H26N2OS. The molecule has 1 amide bonds. The molecule has 0 atom stereocenters. The van der Waals surface area contributed by atoms with Crippen molar-refractivity contribution in [2.75, 3.05) is 38.7 Å². The summed E-state index contributed by atoms with van der Waals surface area (Å²) in [4.78, 5) is 14.0. The number of piperidine rings is 1. The van der Waals surface area contributed by atoms with Crippen molar-refractivity contribution in [2.45, 2.75) is 32.1 Å². The summed E-state index contributed by atoms with van der Waals surface area (Å²) in [5.41, 5.74) is 0. The number of unbranched alkanes of at least 4 members (excludes halogenated alkanes) is 1. The van der Waals surface area contributed by atoms with E-state index in [1.165, 1.54) is 12.2 Å². The number of likely N-dealkylation sites (tertiary alicyclic amines) is 1. The van der Waals surface area contributed by atoms with E-state index in [9.17, 15) is 4.79 Å². The zero-order chi connectivity index (χ0) is 12.5. The normalized spacial score (nSPS) is 17.4. The van der Waals surface area contributed by atoms with Crippen molar-refractivity contribution in [3.63, 3.8) is 0 Å². The fourth-order valence-electron chi connectivity index (χ4n) is 2.36. The summed E-state index contributed by atoms with van der Waals surface area (Å²) < 4.78 is 0. The largest absolute Gasteiger partial charge is 0.343 e. The fourth-order valence-corrected chi connectivity index (χ4v) is 2.85. The van der Waals surface area contributed by atoms with E-state index in [2.05, 4.69) is 16.5 Å². The number of nitrogens with one attached hydrogen (secondary N) is 1. The van der Waals surface area contributed by atoms with Crippen molar-refractivity contribution in [2.24, 2.45) is 5.92 Å². The Morgan fingerprint density at radius 1 is 1.35 bits per heavy atom. The van der Waals surface area contributed by atoms with Gasteiger partial charge in [0.15, 0.2) is 0 Å². The quantitative estimate of drug-likeness (QED) is 0.709. The second-order valence-electron chi connectivity index (χ2n) is 4.83. The molecule has 1 heterocycles. The molecule has 1 aliphatic heterocycles. The summed E-state index contributed by atoms with van der Waals surface area (Å²) in [6.45, 7) is 3.02. The van der Waals surface area contributed by atoms with Crippen molar-refractivity contribution in [1.29, 1.82) is 0 Å². The van der Waals surface area contributed by atoms with Gasteiger partial charge in [-0.1, -0.05) is 0 Å². The molecule has 0 aromatic heterocycles. The van der Waals surface area contributed by atoms with Crippen LogP contribution in [0.15, 0.2) is 0 Å². The number of nitrogens with zero attached hydrogens (tertiary/aromatic N) is 1. The molecule has 0 bridgehead atoms. The van der Waals surface area contributed by atoms with Gasteiger partial charge >= 0.3 is 0 Å².